The van der Waals surface area contributed by atoms with E-state index in [1.165, 1.54) is 24.1 Å². The van der Waals surface area contributed by atoms with Crippen molar-refractivity contribution < 1.29 is 14.3 Å². The van der Waals surface area contributed by atoms with Crippen LogP contribution in [0.3, 0.4) is 0 Å². The van der Waals surface area contributed by atoms with Gasteiger partial charge in [0.15, 0.2) is 17.3 Å². The average Bonchev–Trinajstić information content (AvgIpc) is 3.27. The first kappa shape index (κ1) is 22.5. The summed E-state index contributed by atoms with van der Waals surface area (Å²) in [5.74, 6) is 2.29. The van der Waals surface area contributed by atoms with Gasteiger partial charge in [-0.15, -0.1) is 0 Å². The average molecular weight is 464 g/mol. The molecule has 0 radical (unpaired) electrons. The summed E-state index contributed by atoms with van der Waals surface area (Å²) in [6, 6.07) is 5.63. The summed E-state index contributed by atoms with van der Waals surface area (Å²) in [6.45, 7) is 3.57. The van der Waals surface area contributed by atoms with Crippen molar-refractivity contribution in [1.29, 1.82) is 0 Å². The number of aryl methyl sites for hydroxylation is 2. The lowest BCUT2D eigenvalue weighted by molar-refractivity contribution is -0.125. The Kier molecular flexibility index (Phi) is 6.30. The van der Waals surface area contributed by atoms with Gasteiger partial charge in [0.1, 0.15) is 5.52 Å². The van der Waals surface area contributed by atoms with Crippen LogP contribution in [0.4, 0.5) is 5.82 Å². The lowest BCUT2D eigenvalue weighted by Gasteiger charge is -2.34. The van der Waals surface area contributed by atoms with E-state index in [0.29, 0.717) is 18.0 Å². The number of nitrogens with zero attached hydrogens (tertiary/aromatic N) is 4. The number of nitrogens with one attached hydrogen (secondary N) is 1. The van der Waals surface area contributed by atoms with Crippen LogP contribution in [0.5, 0.6) is 11.5 Å². The minimum atomic E-state index is -0.133. The lowest BCUT2D eigenvalue weighted by atomic mass is 9.95. The zero-order valence-electron chi connectivity index (χ0n) is 20.2. The van der Waals surface area contributed by atoms with Crippen molar-refractivity contribution in [2.45, 2.75) is 51.5 Å². The van der Waals surface area contributed by atoms with E-state index in [9.17, 15) is 4.79 Å². The first-order chi connectivity index (χ1) is 16.6. The number of piperidine rings is 1. The fraction of sp³-hybridized carbons (Fsp3) is 0.500. The smallest absolute Gasteiger partial charge is 0.225 e. The maximum atomic E-state index is 13.3. The van der Waals surface area contributed by atoms with Gasteiger partial charge in [-0.2, -0.15) is 5.10 Å². The first-order valence-electron chi connectivity index (χ1n) is 12.2. The number of carbonyl (C=O) groups is 1. The highest BCUT2D eigenvalue weighted by Gasteiger charge is 2.30. The van der Waals surface area contributed by atoms with Crippen molar-refractivity contribution >= 4 is 17.2 Å². The number of hydrogen-bond donors (Lipinski definition) is 1. The van der Waals surface area contributed by atoms with Crippen LogP contribution < -0.4 is 19.7 Å². The Labute approximate surface area is 200 Å². The van der Waals surface area contributed by atoms with Crippen LogP contribution in [0.25, 0.3) is 5.52 Å². The second-order valence-corrected chi connectivity index (χ2v) is 9.31. The molecule has 0 unspecified atom stereocenters. The van der Waals surface area contributed by atoms with Crippen LogP contribution >= 0.6 is 0 Å². The molecule has 1 amide bonds. The number of aromatic nitrogens is 3. The highest BCUT2D eigenvalue weighted by Crippen LogP contribution is 2.33. The maximum absolute atomic E-state index is 13.3. The molecular weight excluding hydrogens is 430 g/mol. The standard InChI is InChI=1S/C26H33N5O3/c1-17(18-10-11-22(33-2)23(15-18)34-3)28-26(32)19-7-6-13-30(16-19)25-24-20-8-4-5-9-21(20)29-31(24)14-12-27-25/h10-12,14-15,17,19H,4-9,13,16H2,1-3H3,(H,28,32)/t17-,19-/m0/s1. The summed E-state index contributed by atoms with van der Waals surface area (Å²) in [4.78, 5) is 20.3. The maximum Gasteiger partial charge on any atom is 0.225 e. The number of fused-ring (bicyclic) bond motifs is 3. The zero-order chi connectivity index (χ0) is 23.7. The van der Waals surface area contributed by atoms with Gasteiger partial charge in [0.2, 0.25) is 5.91 Å². The van der Waals surface area contributed by atoms with E-state index in [-0.39, 0.29) is 17.9 Å². The van der Waals surface area contributed by atoms with Crippen LogP contribution in [0.2, 0.25) is 0 Å². The molecule has 1 saturated heterocycles. The monoisotopic (exact) mass is 463 g/mol. The molecule has 3 aromatic rings. The van der Waals surface area contributed by atoms with E-state index in [1.54, 1.807) is 14.2 Å². The summed E-state index contributed by atoms with van der Waals surface area (Å²) >= 11 is 0. The van der Waals surface area contributed by atoms with Crippen LogP contribution in [0.1, 0.15) is 55.5 Å². The van der Waals surface area contributed by atoms with Crippen molar-refractivity contribution in [3.05, 3.63) is 47.4 Å². The predicted octanol–water partition coefficient (Wildman–Crippen LogP) is 3.72. The molecule has 8 heteroatoms. The number of carbonyl (C=O) groups excluding carboxylic acids is 1. The third-order valence-electron chi connectivity index (χ3n) is 7.16. The predicted molar refractivity (Wildman–Crippen MR) is 131 cm³/mol. The fourth-order valence-corrected chi connectivity index (χ4v) is 5.30. The van der Waals surface area contributed by atoms with Gasteiger partial charge in [-0.05, 0) is 63.1 Å². The summed E-state index contributed by atoms with van der Waals surface area (Å²) in [5, 5.41) is 8.02. The summed E-state index contributed by atoms with van der Waals surface area (Å²) < 4.78 is 12.7. The van der Waals surface area contributed by atoms with E-state index >= 15 is 0 Å². The third-order valence-corrected chi connectivity index (χ3v) is 7.16. The number of amides is 1. The Hall–Kier alpha value is -3.29. The largest absolute Gasteiger partial charge is 0.493 e. The molecule has 2 aromatic heterocycles. The molecule has 1 fully saturated rings. The van der Waals surface area contributed by atoms with E-state index < -0.39 is 0 Å². The molecule has 0 bridgehead atoms. The van der Waals surface area contributed by atoms with Crippen LogP contribution in [-0.2, 0) is 17.6 Å². The second kappa shape index (κ2) is 9.52. The first-order valence-corrected chi connectivity index (χ1v) is 12.2. The minimum absolute atomic E-state index is 0.0782. The highest BCUT2D eigenvalue weighted by molar-refractivity contribution is 5.81. The van der Waals surface area contributed by atoms with E-state index in [0.717, 1.165) is 49.1 Å². The number of ether oxygens (including phenoxy) is 2. The number of benzene rings is 1. The number of methoxy groups -OCH3 is 2. The number of rotatable bonds is 6. The lowest BCUT2D eigenvalue weighted by Crippen LogP contribution is -2.44. The molecule has 8 nitrogen and oxygen atoms in total. The molecule has 1 aromatic carbocycles. The quantitative estimate of drug-likeness (QED) is 0.600. The second-order valence-electron chi connectivity index (χ2n) is 9.31. The molecule has 0 spiro atoms. The Morgan fingerprint density at radius 2 is 1.97 bits per heavy atom. The van der Waals surface area contributed by atoms with Crippen molar-refractivity contribution in [1.82, 2.24) is 19.9 Å². The third kappa shape index (κ3) is 4.17. The molecule has 34 heavy (non-hydrogen) atoms. The molecule has 3 heterocycles. The molecular formula is C26H33N5O3. The van der Waals surface area contributed by atoms with E-state index in [1.807, 2.05) is 42.0 Å². The Balaban J connectivity index is 1.32. The topological polar surface area (TPSA) is 81.0 Å². The number of anilines is 1. The van der Waals surface area contributed by atoms with E-state index in [4.69, 9.17) is 19.6 Å². The Bertz CT molecular complexity index is 1190. The highest BCUT2D eigenvalue weighted by atomic mass is 16.5. The molecule has 1 aliphatic heterocycles. The molecule has 5 rings (SSSR count). The molecule has 180 valence electrons. The van der Waals surface area contributed by atoms with Crippen molar-refractivity contribution in [2.24, 2.45) is 5.92 Å². The van der Waals surface area contributed by atoms with Gasteiger partial charge in [-0.25, -0.2) is 9.50 Å². The molecule has 2 atom stereocenters. The fourth-order valence-electron chi connectivity index (χ4n) is 5.30. The van der Waals surface area contributed by atoms with E-state index in [2.05, 4.69) is 10.2 Å². The van der Waals surface area contributed by atoms with Gasteiger partial charge in [-0.1, -0.05) is 6.07 Å². The number of hydrogen-bond acceptors (Lipinski definition) is 6. The van der Waals surface area contributed by atoms with Gasteiger partial charge >= 0.3 is 0 Å². The minimum Gasteiger partial charge on any atom is -0.493 e. The Morgan fingerprint density at radius 1 is 1.15 bits per heavy atom. The van der Waals surface area contributed by atoms with Crippen molar-refractivity contribution in [2.75, 3.05) is 32.2 Å². The Morgan fingerprint density at radius 3 is 2.79 bits per heavy atom. The summed E-state index contributed by atoms with van der Waals surface area (Å²) in [5.41, 5.74) is 4.64. The molecule has 1 N–H and O–H groups in total. The zero-order valence-corrected chi connectivity index (χ0v) is 20.2. The van der Waals surface area contributed by atoms with Crippen molar-refractivity contribution in [3.63, 3.8) is 0 Å². The molecule has 1 aliphatic carbocycles. The van der Waals surface area contributed by atoms with Crippen LogP contribution in [0, 0.1) is 5.92 Å². The van der Waals surface area contributed by atoms with Gasteiger partial charge < -0.3 is 19.7 Å². The normalized spacial score (nSPS) is 18.9. The van der Waals surface area contributed by atoms with Gasteiger partial charge in [0.05, 0.1) is 31.9 Å². The summed E-state index contributed by atoms with van der Waals surface area (Å²) in [7, 11) is 3.24. The van der Waals surface area contributed by atoms with Gasteiger partial charge in [0, 0.05) is 31.0 Å². The molecule has 0 saturated carbocycles. The van der Waals surface area contributed by atoms with Gasteiger partial charge in [0.25, 0.3) is 0 Å². The summed E-state index contributed by atoms with van der Waals surface area (Å²) in [6.07, 6.45) is 10.1. The van der Waals surface area contributed by atoms with Crippen LogP contribution in [-0.4, -0.2) is 47.8 Å². The molecule has 2 aliphatic rings. The van der Waals surface area contributed by atoms with Crippen LogP contribution in [0.15, 0.2) is 30.6 Å². The van der Waals surface area contributed by atoms with Gasteiger partial charge in [-0.3, -0.25) is 4.79 Å². The SMILES string of the molecule is COc1ccc([C@H](C)NC(=O)[C@H]2CCCN(c3nccn4nc5c(c34)CCCC5)C2)cc1OC. The van der Waals surface area contributed by atoms with Crippen molar-refractivity contribution in [3.8, 4) is 11.5 Å².